The molecule has 0 aliphatic carbocycles. The van der Waals surface area contributed by atoms with E-state index in [2.05, 4.69) is 71.1 Å². The molecule has 2 aliphatic heterocycles. The monoisotopic (exact) mass is 390 g/mol. The summed E-state index contributed by atoms with van der Waals surface area (Å²) in [6, 6.07) is 13.5. The molecule has 6 heteroatoms. The third-order valence-corrected chi connectivity index (χ3v) is 6.64. The van der Waals surface area contributed by atoms with Crippen LogP contribution in [0.15, 0.2) is 42.6 Å². The number of nitrogens with zero attached hydrogens (tertiary/aromatic N) is 4. The van der Waals surface area contributed by atoms with E-state index in [1.54, 1.807) is 0 Å². The van der Waals surface area contributed by atoms with Crippen molar-refractivity contribution in [3.63, 3.8) is 0 Å². The van der Waals surface area contributed by atoms with E-state index in [1.807, 2.05) is 10.7 Å². The lowest BCUT2D eigenvalue weighted by molar-refractivity contribution is 0.152. The molecule has 2 atom stereocenters. The third kappa shape index (κ3) is 3.68. The van der Waals surface area contributed by atoms with Crippen LogP contribution in [0.5, 0.6) is 0 Å². The number of hydrogen-bond acceptors (Lipinski definition) is 5. The van der Waals surface area contributed by atoms with Gasteiger partial charge in [0, 0.05) is 42.0 Å². The fraction of sp³-hybridized carbons (Fsp3) is 0.478. The molecule has 2 aliphatic rings. The van der Waals surface area contributed by atoms with E-state index < -0.39 is 0 Å². The molecule has 1 aromatic carbocycles. The summed E-state index contributed by atoms with van der Waals surface area (Å²) in [5.41, 5.74) is 12.9. The lowest BCUT2D eigenvalue weighted by Gasteiger charge is -2.36. The molecule has 2 fully saturated rings. The van der Waals surface area contributed by atoms with Crippen molar-refractivity contribution in [1.82, 2.24) is 30.3 Å². The molecular weight excluding hydrogens is 360 g/mol. The van der Waals surface area contributed by atoms with E-state index in [4.69, 9.17) is 4.98 Å². The topological polar surface area (TPSA) is 57.5 Å². The van der Waals surface area contributed by atoms with Gasteiger partial charge in [-0.25, -0.2) is 9.50 Å². The van der Waals surface area contributed by atoms with Crippen molar-refractivity contribution >= 4 is 5.65 Å². The molecule has 2 aromatic heterocycles. The molecule has 2 saturated heterocycles. The number of fused-ring (bicyclic) bond motifs is 1. The largest absolute Gasteiger partial charge is 0.299 e. The van der Waals surface area contributed by atoms with Gasteiger partial charge in [0.15, 0.2) is 5.65 Å². The van der Waals surface area contributed by atoms with E-state index in [9.17, 15) is 0 Å². The average molecular weight is 391 g/mol. The van der Waals surface area contributed by atoms with Crippen LogP contribution in [0.2, 0.25) is 0 Å². The van der Waals surface area contributed by atoms with Gasteiger partial charge in [-0.3, -0.25) is 15.8 Å². The van der Waals surface area contributed by atoms with E-state index in [1.165, 1.54) is 24.0 Å². The van der Waals surface area contributed by atoms with Gasteiger partial charge in [0.25, 0.3) is 0 Å². The maximum atomic E-state index is 4.74. The number of likely N-dealkylation sites (tertiary alicyclic amines) is 1. The summed E-state index contributed by atoms with van der Waals surface area (Å²) in [4.78, 5) is 7.30. The van der Waals surface area contributed by atoms with Gasteiger partial charge in [0.05, 0.1) is 6.20 Å². The first-order valence-corrected chi connectivity index (χ1v) is 10.8. The molecule has 29 heavy (non-hydrogen) atoms. The van der Waals surface area contributed by atoms with Crippen molar-refractivity contribution in [2.24, 2.45) is 5.92 Å². The molecule has 3 aromatic rings. The van der Waals surface area contributed by atoms with Gasteiger partial charge in [0.2, 0.25) is 0 Å². The Labute approximate surface area is 172 Å². The predicted octanol–water partition coefficient (Wildman–Crippen LogP) is 2.82. The van der Waals surface area contributed by atoms with Gasteiger partial charge in [-0.1, -0.05) is 30.3 Å². The van der Waals surface area contributed by atoms with E-state index >= 15 is 0 Å². The number of piperidine rings is 1. The normalized spacial score (nSPS) is 23.8. The smallest absolute Gasteiger partial charge is 0.159 e. The first-order valence-electron chi connectivity index (χ1n) is 10.8. The van der Waals surface area contributed by atoms with Crippen LogP contribution in [0.3, 0.4) is 0 Å². The van der Waals surface area contributed by atoms with Crippen molar-refractivity contribution < 1.29 is 0 Å². The Bertz CT molecular complexity index is 974. The second-order valence-electron chi connectivity index (χ2n) is 8.63. The summed E-state index contributed by atoms with van der Waals surface area (Å²) >= 11 is 0. The molecule has 0 amide bonds. The van der Waals surface area contributed by atoms with Crippen LogP contribution in [0.1, 0.15) is 41.3 Å². The maximum absolute atomic E-state index is 4.74. The summed E-state index contributed by atoms with van der Waals surface area (Å²) in [7, 11) is 0. The van der Waals surface area contributed by atoms with Gasteiger partial charge in [0.1, 0.15) is 0 Å². The first-order chi connectivity index (χ1) is 14.2. The Morgan fingerprint density at radius 2 is 1.90 bits per heavy atom. The van der Waals surface area contributed by atoms with Crippen molar-refractivity contribution in [3.8, 4) is 0 Å². The zero-order chi connectivity index (χ0) is 19.8. The molecule has 0 spiro atoms. The van der Waals surface area contributed by atoms with Crippen molar-refractivity contribution in [2.45, 2.75) is 45.2 Å². The van der Waals surface area contributed by atoms with Gasteiger partial charge in [-0.15, -0.1) is 0 Å². The molecule has 152 valence electrons. The highest BCUT2D eigenvalue weighted by atomic mass is 15.4. The lowest BCUT2D eigenvalue weighted by Crippen LogP contribution is -2.44. The highest BCUT2D eigenvalue weighted by Crippen LogP contribution is 2.32. The number of benzene rings is 1. The van der Waals surface area contributed by atoms with Crippen LogP contribution in [-0.2, 0) is 6.54 Å². The van der Waals surface area contributed by atoms with Crippen LogP contribution < -0.4 is 10.9 Å². The number of aromatic nitrogens is 3. The summed E-state index contributed by atoms with van der Waals surface area (Å²) in [5, 5.41) is 4.56. The Morgan fingerprint density at radius 3 is 2.69 bits per heavy atom. The lowest BCUT2D eigenvalue weighted by atomic mass is 9.80. The third-order valence-electron chi connectivity index (χ3n) is 6.64. The van der Waals surface area contributed by atoms with Crippen molar-refractivity contribution in [1.29, 1.82) is 0 Å². The molecule has 0 radical (unpaired) electrons. The Hall–Kier alpha value is -2.28. The SMILES string of the molecule is Cc1cc(C)n2ncc(CN3CCC(C4NNCC4c4ccccc4)CC3)c2n1. The van der Waals surface area contributed by atoms with Gasteiger partial charge in [-0.05, 0) is 57.3 Å². The summed E-state index contributed by atoms with van der Waals surface area (Å²) in [6.07, 6.45) is 4.45. The quantitative estimate of drug-likeness (QED) is 0.717. The number of rotatable bonds is 4. The predicted molar refractivity (Wildman–Crippen MR) is 115 cm³/mol. The second-order valence-corrected chi connectivity index (χ2v) is 8.63. The molecule has 5 rings (SSSR count). The standard InChI is InChI=1S/C23H30N6/c1-16-12-17(2)29-23(26-16)20(13-25-29)15-28-10-8-19(9-11-28)22-21(14-24-27-22)18-6-4-3-5-7-18/h3-7,12-13,19,21-22,24,27H,8-11,14-15H2,1-2H3. The van der Waals surface area contributed by atoms with Crippen molar-refractivity contribution in [2.75, 3.05) is 19.6 Å². The molecule has 0 saturated carbocycles. The number of hydrogen-bond donors (Lipinski definition) is 2. The highest BCUT2D eigenvalue weighted by Gasteiger charge is 2.36. The van der Waals surface area contributed by atoms with Crippen molar-refractivity contribution in [3.05, 3.63) is 65.1 Å². The van der Waals surface area contributed by atoms with Gasteiger partial charge in [-0.2, -0.15) is 5.10 Å². The molecule has 2 N–H and O–H groups in total. The fourth-order valence-electron chi connectivity index (χ4n) is 5.12. The second kappa shape index (κ2) is 7.86. The Kier molecular flexibility index (Phi) is 5.08. The van der Waals surface area contributed by atoms with Crippen LogP contribution >= 0.6 is 0 Å². The van der Waals surface area contributed by atoms with Crippen LogP contribution in [0, 0.1) is 19.8 Å². The summed E-state index contributed by atoms with van der Waals surface area (Å²) in [6.45, 7) is 8.36. The fourth-order valence-corrected chi connectivity index (χ4v) is 5.12. The van der Waals surface area contributed by atoms with Crippen LogP contribution in [0.4, 0.5) is 0 Å². The molecule has 4 heterocycles. The van der Waals surface area contributed by atoms with Gasteiger partial charge >= 0.3 is 0 Å². The van der Waals surface area contributed by atoms with E-state index in [-0.39, 0.29) is 0 Å². The number of hydrazine groups is 1. The molecular formula is C23H30N6. The number of nitrogens with one attached hydrogen (secondary N) is 2. The minimum Gasteiger partial charge on any atom is -0.299 e. The van der Waals surface area contributed by atoms with E-state index in [0.29, 0.717) is 17.9 Å². The minimum absolute atomic E-state index is 0.517. The van der Waals surface area contributed by atoms with E-state index in [0.717, 1.165) is 43.2 Å². The summed E-state index contributed by atoms with van der Waals surface area (Å²) < 4.78 is 1.97. The molecule has 2 unspecified atom stereocenters. The molecule has 0 bridgehead atoms. The van der Waals surface area contributed by atoms with Crippen LogP contribution in [0.25, 0.3) is 5.65 Å². The zero-order valence-electron chi connectivity index (χ0n) is 17.3. The Balaban J connectivity index is 1.24. The maximum Gasteiger partial charge on any atom is 0.159 e. The minimum atomic E-state index is 0.517. The Morgan fingerprint density at radius 1 is 1.10 bits per heavy atom. The summed E-state index contributed by atoms with van der Waals surface area (Å²) in [5.74, 6) is 1.26. The van der Waals surface area contributed by atoms with Crippen LogP contribution in [-0.4, -0.2) is 45.2 Å². The highest BCUT2D eigenvalue weighted by molar-refractivity contribution is 5.47. The zero-order valence-corrected chi connectivity index (χ0v) is 17.3. The molecule has 6 nitrogen and oxygen atoms in total. The average Bonchev–Trinajstić information content (AvgIpc) is 3.37. The van der Waals surface area contributed by atoms with Gasteiger partial charge < -0.3 is 0 Å². The first kappa shape index (κ1) is 18.7. The number of aryl methyl sites for hydroxylation is 2.